The van der Waals surface area contributed by atoms with Crippen LogP contribution in [0.5, 0.6) is 0 Å². The minimum atomic E-state index is -0.770. The Kier molecular flexibility index (Phi) is 11.4. The number of unbranched alkanes of at least 4 members (excludes halogenated alkanes) is 1. The Labute approximate surface area is 215 Å². The maximum atomic E-state index is 14.1. The molecule has 2 unspecified atom stereocenters. The van der Waals surface area contributed by atoms with Crippen LogP contribution in [0, 0.1) is 6.92 Å². The van der Waals surface area contributed by atoms with Gasteiger partial charge in [0, 0.05) is 12.6 Å². The topological polar surface area (TPSA) is 87.7 Å². The van der Waals surface area contributed by atoms with Gasteiger partial charge < -0.3 is 20.3 Å². The molecule has 0 aromatic heterocycles. The molecule has 1 fully saturated rings. The van der Waals surface area contributed by atoms with Crippen LogP contribution < -0.4 is 10.6 Å². The molecular formula is C27H43N3O4S. The monoisotopic (exact) mass is 505 g/mol. The second-order valence-corrected chi connectivity index (χ2v) is 11.2. The highest BCUT2D eigenvalue weighted by molar-refractivity contribution is 7.98. The number of nitrogens with one attached hydrogen (secondary N) is 2. The molecule has 1 aromatic rings. The maximum absolute atomic E-state index is 14.1. The Morgan fingerprint density at radius 3 is 2.43 bits per heavy atom. The highest BCUT2D eigenvalue weighted by Gasteiger charge is 2.42. The molecule has 3 amide bonds. The smallest absolute Gasteiger partial charge is 0.408 e. The van der Waals surface area contributed by atoms with Gasteiger partial charge in [0.2, 0.25) is 11.8 Å². The fourth-order valence-electron chi connectivity index (χ4n) is 4.10. The first-order chi connectivity index (χ1) is 16.6. The van der Waals surface area contributed by atoms with Crippen molar-refractivity contribution in [3.8, 4) is 0 Å². The number of alkyl carbamates (subject to hydrolysis) is 1. The third-order valence-corrected chi connectivity index (χ3v) is 6.81. The average Bonchev–Trinajstić information content (AvgIpc) is 2.74. The third-order valence-electron chi connectivity index (χ3n) is 6.16. The summed E-state index contributed by atoms with van der Waals surface area (Å²) in [6, 6.07) is 6.18. The molecule has 1 aliphatic rings. The first-order valence-corrected chi connectivity index (χ1v) is 14.1. The standard InChI is InChI=1S/C27H43N3O4S/c1-7-8-17-28-24(31)23(21-15-10-9-12-19(21)2)30(20-13-11-14-20)25(32)22(16-18-35-6)29-26(33)34-27(3,4)5/h9-10,12,15,20,22-23H,7-8,11,13-14,16-18H2,1-6H3,(H,28,31)(H,29,33). The number of benzene rings is 1. The van der Waals surface area contributed by atoms with E-state index in [4.69, 9.17) is 4.74 Å². The zero-order valence-electron chi connectivity index (χ0n) is 22.2. The largest absolute Gasteiger partial charge is 0.444 e. The van der Waals surface area contributed by atoms with Crippen LogP contribution in [0.3, 0.4) is 0 Å². The third kappa shape index (κ3) is 8.74. The molecule has 1 aliphatic carbocycles. The fraction of sp³-hybridized carbons (Fsp3) is 0.667. The van der Waals surface area contributed by atoms with Gasteiger partial charge in [-0.3, -0.25) is 9.59 Å². The fourth-order valence-corrected chi connectivity index (χ4v) is 4.57. The normalized spacial score (nSPS) is 15.5. The van der Waals surface area contributed by atoms with E-state index in [-0.39, 0.29) is 17.9 Å². The maximum Gasteiger partial charge on any atom is 0.408 e. The minimum absolute atomic E-state index is 0.0405. The number of thioether (sulfide) groups is 1. The molecule has 2 N–H and O–H groups in total. The van der Waals surface area contributed by atoms with E-state index in [1.807, 2.05) is 37.4 Å². The lowest BCUT2D eigenvalue weighted by atomic mass is 9.87. The number of aryl methyl sites for hydroxylation is 1. The van der Waals surface area contributed by atoms with Gasteiger partial charge in [-0.25, -0.2) is 4.79 Å². The summed E-state index contributed by atoms with van der Waals surface area (Å²) in [5.74, 6) is 0.296. The highest BCUT2D eigenvalue weighted by Crippen LogP contribution is 2.35. The zero-order chi connectivity index (χ0) is 26.0. The Balaban J connectivity index is 2.43. The molecule has 0 spiro atoms. The SMILES string of the molecule is CCCCNC(=O)C(c1ccccc1C)N(C(=O)C(CCSC)NC(=O)OC(C)(C)C)C1CCC1. The van der Waals surface area contributed by atoms with Gasteiger partial charge in [0.1, 0.15) is 17.7 Å². The van der Waals surface area contributed by atoms with E-state index < -0.39 is 23.8 Å². The lowest BCUT2D eigenvalue weighted by Crippen LogP contribution is -2.57. The molecule has 35 heavy (non-hydrogen) atoms. The molecule has 0 aliphatic heterocycles. The van der Waals surface area contributed by atoms with Crippen LogP contribution in [0.1, 0.15) is 83.4 Å². The molecular weight excluding hydrogens is 462 g/mol. The first-order valence-electron chi connectivity index (χ1n) is 12.7. The second-order valence-electron chi connectivity index (χ2n) is 10.2. The Hall–Kier alpha value is -2.22. The molecule has 0 heterocycles. The number of hydrogen-bond acceptors (Lipinski definition) is 5. The molecule has 2 atom stereocenters. The predicted octanol–water partition coefficient (Wildman–Crippen LogP) is 4.98. The molecule has 8 heteroatoms. The van der Waals surface area contributed by atoms with E-state index in [9.17, 15) is 14.4 Å². The van der Waals surface area contributed by atoms with Gasteiger partial charge in [-0.05, 0) is 82.9 Å². The molecule has 1 aromatic carbocycles. The average molecular weight is 506 g/mol. The van der Waals surface area contributed by atoms with E-state index in [2.05, 4.69) is 17.6 Å². The van der Waals surface area contributed by atoms with Crippen molar-refractivity contribution in [2.45, 2.75) is 96.9 Å². The van der Waals surface area contributed by atoms with Gasteiger partial charge in [-0.15, -0.1) is 0 Å². The zero-order valence-corrected chi connectivity index (χ0v) is 23.0. The summed E-state index contributed by atoms with van der Waals surface area (Å²) >= 11 is 1.61. The summed E-state index contributed by atoms with van der Waals surface area (Å²) in [6.45, 7) is 9.99. The van der Waals surface area contributed by atoms with Crippen LogP contribution >= 0.6 is 11.8 Å². The van der Waals surface area contributed by atoms with Crippen LogP contribution in [0.15, 0.2) is 24.3 Å². The van der Waals surface area contributed by atoms with E-state index in [0.717, 1.165) is 43.2 Å². The summed E-state index contributed by atoms with van der Waals surface area (Å²) in [5, 5.41) is 5.86. The van der Waals surface area contributed by atoms with Crippen molar-refractivity contribution < 1.29 is 19.1 Å². The number of carbonyl (C=O) groups excluding carboxylic acids is 3. The Bertz CT molecular complexity index is 851. The van der Waals surface area contributed by atoms with Gasteiger partial charge in [0.15, 0.2) is 0 Å². The van der Waals surface area contributed by atoms with Crippen LogP contribution in [0.25, 0.3) is 0 Å². The molecule has 0 radical (unpaired) electrons. The quantitative estimate of drug-likeness (QED) is 0.391. The van der Waals surface area contributed by atoms with E-state index in [0.29, 0.717) is 18.7 Å². The number of amides is 3. The summed E-state index contributed by atoms with van der Waals surface area (Å²) in [7, 11) is 0. The van der Waals surface area contributed by atoms with E-state index in [1.165, 1.54) is 0 Å². The summed E-state index contributed by atoms with van der Waals surface area (Å²) < 4.78 is 5.45. The molecule has 0 saturated heterocycles. The van der Waals surface area contributed by atoms with Crippen molar-refractivity contribution in [2.75, 3.05) is 18.6 Å². The molecule has 196 valence electrons. The van der Waals surface area contributed by atoms with Gasteiger partial charge in [-0.2, -0.15) is 11.8 Å². The summed E-state index contributed by atoms with van der Waals surface area (Å²) in [4.78, 5) is 42.1. The lowest BCUT2D eigenvalue weighted by molar-refractivity contribution is -0.147. The van der Waals surface area contributed by atoms with Crippen LogP contribution in [0.4, 0.5) is 4.79 Å². The Morgan fingerprint density at radius 1 is 1.20 bits per heavy atom. The number of rotatable bonds is 12. The van der Waals surface area contributed by atoms with Gasteiger partial charge in [0.25, 0.3) is 0 Å². The number of nitrogens with zero attached hydrogens (tertiary/aromatic N) is 1. The summed E-state index contributed by atoms with van der Waals surface area (Å²) in [6.07, 6.45) is 6.36. The van der Waals surface area contributed by atoms with Crippen molar-refractivity contribution in [1.29, 1.82) is 0 Å². The van der Waals surface area contributed by atoms with Crippen molar-refractivity contribution in [3.05, 3.63) is 35.4 Å². The van der Waals surface area contributed by atoms with Crippen LogP contribution in [-0.2, 0) is 14.3 Å². The lowest BCUT2D eigenvalue weighted by Gasteiger charge is -2.44. The molecule has 0 bridgehead atoms. The first kappa shape index (κ1) is 29.0. The van der Waals surface area contributed by atoms with Crippen molar-refractivity contribution in [2.24, 2.45) is 0 Å². The van der Waals surface area contributed by atoms with E-state index >= 15 is 0 Å². The minimum Gasteiger partial charge on any atom is -0.444 e. The number of carbonyl (C=O) groups is 3. The summed E-state index contributed by atoms with van der Waals surface area (Å²) in [5.41, 5.74) is 1.11. The van der Waals surface area contributed by atoms with Gasteiger partial charge in [0.05, 0.1) is 0 Å². The van der Waals surface area contributed by atoms with Gasteiger partial charge >= 0.3 is 6.09 Å². The molecule has 1 saturated carbocycles. The Morgan fingerprint density at radius 2 is 1.89 bits per heavy atom. The number of ether oxygens (including phenoxy) is 1. The van der Waals surface area contributed by atoms with Crippen LogP contribution in [-0.4, -0.2) is 59.0 Å². The van der Waals surface area contributed by atoms with Crippen molar-refractivity contribution >= 4 is 29.7 Å². The molecule has 2 rings (SSSR count). The van der Waals surface area contributed by atoms with Crippen molar-refractivity contribution in [3.63, 3.8) is 0 Å². The second kappa shape index (κ2) is 13.8. The van der Waals surface area contributed by atoms with Gasteiger partial charge in [-0.1, -0.05) is 37.6 Å². The predicted molar refractivity (Wildman–Crippen MR) is 142 cm³/mol. The highest BCUT2D eigenvalue weighted by atomic mass is 32.2. The van der Waals surface area contributed by atoms with Crippen molar-refractivity contribution in [1.82, 2.24) is 15.5 Å². The molecule has 7 nitrogen and oxygen atoms in total. The van der Waals surface area contributed by atoms with E-state index in [1.54, 1.807) is 37.4 Å². The number of hydrogen-bond donors (Lipinski definition) is 2. The van der Waals surface area contributed by atoms with Crippen LogP contribution in [0.2, 0.25) is 0 Å².